The van der Waals surface area contributed by atoms with Gasteiger partial charge in [0.2, 0.25) is 0 Å². The van der Waals surface area contributed by atoms with Crippen molar-refractivity contribution in [3.8, 4) is 56.6 Å². The van der Waals surface area contributed by atoms with Gasteiger partial charge in [-0.05, 0) is 89.0 Å². The quantitative estimate of drug-likeness (QED) is 0.113. The smallest absolute Gasteiger partial charge is 0.269 e. The van der Waals surface area contributed by atoms with Crippen LogP contribution < -0.4 is 9.30 Å². The summed E-state index contributed by atoms with van der Waals surface area (Å²) < 4.78 is 18.6. The van der Waals surface area contributed by atoms with Crippen molar-refractivity contribution in [3.05, 3.63) is 255 Å². The number of nitrogens with zero attached hydrogens (tertiary/aromatic N) is 6. The molecule has 0 unspecified atom stereocenters. The van der Waals surface area contributed by atoms with E-state index in [0.717, 1.165) is 78.1 Å². The second-order valence-corrected chi connectivity index (χ2v) is 18.9. The number of aryl methyl sites for hydroxylation is 1. The van der Waals surface area contributed by atoms with E-state index in [0.29, 0.717) is 11.5 Å². The summed E-state index contributed by atoms with van der Waals surface area (Å²) in [7, 11) is 2.21. The second-order valence-electron chi connectivity index (χ2n) is 18.9. The van der Waals surface area contributed by atoms with Crippen molar-refractivity contribution in [2.45, 2.75) is 0 Å². The Hall–Kier alpha value is -9.98. The predicted molar refractivity (Wildman–Crippen MR) is 301 cm³/mol. The third kappa shape index (κ3) is 6.26. The minimum absolute atomic E-state index is 0.708. The Morgan fingerprint density at radius 1 is 0.432 bits per heavy atom. The zero-order valence-electron chi connectivity index (χ0n) is 40.3. The number of fused-ring (bicyclic) bond motifs is 13. The Kier molecular flexibility index (Phi) is 9.34. The van der Waals surface area contributed by atoms with E-state index in [4.69, 9.17) is 9.72 Å². The zero-order chi connectivity index (χ0) is 48.9. The molecule has 0 bridgehead atoms. The van der Waals surface area contributed by atoms with Gasteiger partial charge in [-0.1, -0.05) is 170 Å². The SMILES string of the molecule is Cn1c2ccccc2c2c1c1c3ccc(Oc4cccc(-[n+]5[c-]n(-c6c(-c7ccccc7)cccc6-c6ccccc6)c6ccccc65)c4)cc3n(-c3ccccn3)c1c1c3ccccc3n(-c3ccccc3)c21. The monoisotopic (exact) mass is 948 g/mol. The number of hydrogen-bond acceptors (Lipinski definition) is 2. The highest BCUT2D eigenvalue weighted by Gasteiger charge is 2.28. The molecule has 0 aliphatic heterocycles. The molecule has 348 valence electrons. The van der Waals surface area contributed by atoms with Gasteiger partial charge in [0.15, 0.2) is 0 Å². The van der Waals surface area contributed by atoms with Gasteiger partial charge in [0.05, 0.1) is 50.0 Å². The average Bonchev–Trinajstić information content (AvgIpc) is 4.33. The number of rotatable bonds is 8. The maximum absolute atomic E-state index is 6.99. The van der Waals surface area contributed by atoms with Crippen LogP contribution in [-0.2, 0) is 7.05 Å². The molecule has 0 amide bonds. The Balaban J connectivity index is 0.939. The van der Waals surface area contributed by atoms with E-state index in [9.17, 15) is 0 Å². The van der Waals surface area contributed by atoms with Crippen LogP contribution in [0.15, 0.2) is 249 Å². The molecule has 15 aromatic rings. The maximum Gasteiger partial charge on any atom is 0.269 e. The van der Waals surface area contributed by atoms with Gasteiger partial charge in [-0.25, -0.2) is 4.98 Å². The van der Waals surface area contributed by atoms with Crippen LogP contribution in [0, 0.1) is 6.33 Å². The number of para-hydroxylation sites is 6. The van der Waals surface area contributed by atoms with E-state index in [-0.39, 0.29) is 0 Å². The standard InChI is InChI=1S/C67H44N6O/c1-69-55-33-13-11-29-52(55)61-65(69)62-54-39-38-49(42-59(54)73(60-37-17-18-40-68-60)67(62)63-53-30-12-14-34-56(53)72(66(61)63)46-25-9-4-10-26-46)74-48-28-19-27-47(41-48)70-43-71(58-36-16-15-35-57(58)70)64-50(44-21-5-2-6-22-44)31-20-32-51(64)45-23-7-3-8-24-45/h2-42H,1H3. The third-order valence-electron chi connectivity index (χ3n) is 14.8. The largest absolute Gasteiger partial charge is 0.458 e. The van der Waals surface area contributed by atoms with E-state index in [1.807, 2.05) is 18.3 Å². The van der Waals surface area contributed by atoms with Gasteiger partial charge in [-0.2, -0.15) is 0 Å². The number of aromatic nitrogens is 6. The van der Waals surface area contributed by atoms with Crippen molar-refractivity contribution < 1.29 is 9.30 Å². The average molecular weight is 949 g/mol. The van der Waals surface area contributed by atoms with Crippen LogP contribution in [0.2, 0.25) is 0 Å². The summed E-state index contributed by atoms with van der Waals surface area (Å²) in [5.41, 5.74) is 16.4. The normalized spacial score (nSPS) is 11.9. The first-order valence-corrected chi connectivity index (χ1v) is 25.0. The fourth-order valence-corrected chi connectivity index (χ4v) is 11.7. The van der Waals surface area contributed by atoms with Gasteiger partial charge in [0.25, 0.3) is 6.33 Å². The summed E-state index contributed by atoms with van der Waals surface area (Å²) in [4.78, 5) is 5.07. The lowest BCUT2D eigenvalue weighted by Gasteiger charge is -2.17. The van der Waals surface area contributed by atoms with Gasteiger partial charge in [-0.3, -0.25) is 13.7 Å². The molecule has 5 aromatic heterocycles. The molecule has 0 atom stereocenters. The molecule has 0 aliphatic carbocycles. The Labute approximate surface area is 425 Å². The Morgan fingerprint density at radius 3 is 1.72 bits per heavy atom. The fourth-order valence-electron chi connectivity index (χ4n) is 11.7. The van der Waals surface area contributed by atoms with E-state index >= 15 is 0 Å². The first kappa shape index (κ1) is 41.8. The molecule has 0 N–H and O–H groups in total. The Morgan fingerprint density at radius 2 is 1.00 bits per heavy atom. The van der Waals surface area contributed by atoms with Crippen LogP contribution >= 0.6 is 0 Å². The molecule has 0 fully saturated rings. The summed E-state index contributed by atoms with van der Waals surface area (Å²) >= 11 is 0. The highest BCUT2D eigenvalue weighted by Crippen LogP contribution is 2.50. The molecule has 74 heavy (non-hydrogen) atoms. The highest BCUT2D eigenvalue weighted by molar-refractivity contribution is 6.40. The summed E-state index contributed by atoms with van der Waals surface area (Å²) in [5, 5.41) is 7.07. The molecule has 15 rings (SSSR count). The van der Waals surface area contributed by atoms with Crippen LogP contribution in [0.1, 0.15) is 0 Å². The number of benzene rings is 10. The van der Waals surface area contributed by atoms with Crippen molar-refractivity contribution in [2.24, 2.45) is 7.05 Å². The lowest BCUT2D eigenvalue weighted by Crippen LogP contribution is -2.29. The molecule has 7 nitrogen and oxygen atoms in total. The van der Waals surface area contributed by atoms with Gasteiger partial charge >= 0.3 is 0 Å². The minimum atomic E-state index is 0.708. The van der Waals surface area contributed by atoms with Gasteiger partial charge in [0.1, 0.15) is 17.3 Å². The fraction of sp³-hybridized carbons (Fsp3) is 0.0149. The van der Waals surface area contributed by atoms with Crippen molar-refractivity contribution in [1.82, 2.24) is 23.3 Å². The summed E-state index contributed by atoms with van der Waals surface area (Å²) in [6.07, 6.45) is 5.71. The molecular formula is C67H44N6O. The topological polar surface area (TPSA) is 45.7 Å². The summed E-state index contributed by atoms with van der Waals surface area (Å²) in [6.45, 7) is 0. The molecule has 5 heterocycles. The summed E-state index contributed by atoms with van der Waals surface area (Å²) in [5.74, 6) is 2.25. The van der Waals surface area contributed by atoms with Crippen LogP contribution in [0.5, 0.6) is 11.5 Å². The van der Waals surface area contributed by atoms with Crippen LogP contribution in [-0.4, -0.2) is 23.3 Å². The number of ether oxygens (including phenoxy) is 1. The van der Waals surface area contributed by atoms with Crippen LogP contribution in [0.3, 0.4) is 0 Å². The lowest BCUT2D eigenvalue weighted by molar-refractivity contribution is -0.572. The van der Waals surface area contributed by atoms with Crippen LogP contribution in [0.4, 0.5) is 0 Å². The van der Waals surface area contributed by atoms with Gasteiger partial charge in [0, 0.05) is 62.8 Å². The van der Waals surface area contributed by atoms with Crippen molar-refractivity contribution in [1.29, 1.82) is 0 Å². The molecule has 0 spiro atoms. The number of pyridine rings is 1. The first-order chi connectivity index (χ1) is 36.7. The molecule has 0 saturated heterocycles. The lowest BCUT2D eigenvalue weighted by atomic mass is 9.95. The molecule has 0 radical (unpaired) electrons. The second kappa shape index (κ2) is 16.6. The van der Waals surface area contributed by atoms with E-state index in [1.54, 1.807) is 0 Å². The zero-order valence-corrected chi connectivity index (χ0v) is 40.3. The predicted octanol–water partition coefficient (Wildman–Crippen LogP) is 16.1. The number of hydrogen-bond donors (Lipinski definition) is 0. The van der Waals surface area contributed by atoms with Crippen LogP contribution in [0.25, 0.3) is 122 Å². The molecule has 0 aliphatic rings. The Bertz CT molecular complexity index is 4620. The first-order valence-electron chi connectivity index (χ1n) is 25.0. The molecule has 10 aromatic carbocycles. The minimum Gasteiger partial charge on any atom is -0.458 e. The summed E-state index contributed by atoms with van der Waals surface area (Å²) in [6, 6.07) is 85.7. The van der Waals surface area contributed by atoms with E-state index in [1.165, 1.54) is 43.5 Å². The van der Waals surface area contributed by atoms with Gasteiger partial charge in [-0.15, -0.1) is 0 Å². The maximum atomic E-state index is 6.99. The van der Waals surface area contributed by atoms with Crippen molar-refractivity contribution >= 4 is 76.5 Å². The van der Waals surface area contributed by atoms with Gasteiger partial charge < -0.3 is 13.9 Å². The molecular weight excluding hydrogens is 905 g/mol. The van der Waals surface area contributed by atoms with Crippen molar-refractivity contribution in [3.63, 3.8) is 0 Å². The highest BCUT2D eigenvalue weighted by atomic mass is 16.5. The van der Waals surface area contributed by atoms with E-state index < -0.39 is 0 Å². The molecule has 0 saturated carbocycles. The number of imidazole rings is 1. The van der Waals surface area contributed by atoms with Crippen molar-refractivity contribution in [2.75, 3.05) is 0 Å². The third-order valence-corrected chi connectivity index (χ3v) is 14.8. The molecule has 7 heteroatoms. The van der Waals surface area contributed by atoms with E-state index in [2.05, 4.69) is 267 Å².